The molecule has 0 saturated carbocycles. The highest BCUT2D eigenvalue weighted by Gasteiger charge is 2.21. The van der Waals surface area contributed by atoms with Crippen molar-refractivity contribution in [3.05, 3.63) is 47.9 Å². The zero-order valence-corrected chi connectivity index (χ0v) is 16.4. The topological polar surface area (TPSA) is 75.4 Å². The van der Waals surface area contributed by atoms with Crippen LogP contribution < -0.4 is 10.2 Å². The first-order chi connectivity index (χ1) is 13.7. The minimum atomic E-state index is -0.202. The average molecular weight is 378 g/mol. The van der Waals surface area contributed by atoms with Crippen LogP contribution in [0.1, 0.15) is 61.4 Å². The molecule has 4 rings (SSSR count). The number of hydrogen-bond donors (Lipinski definition) is 1. The minimum absolute atomic E-state index is 0.202. The number of fused-ring (bicyclic) bond motifs is 1. The molecule has 7 nitrogen and oxygen atoms in total. The minimum Gasteiger partial charge on any atom is -0.356 e. The summed E-state index contributed by atoms with van der Waals surface area (Å²) in [4.78, 5) is 23.9. The van der Waals surface area contributed by atoms with Gasteiger partial charge in [0.05, 0.1) is 11.8 Å². The fourth-order valence-electron chi connectivity index (χ4n) is 3.79. The smallest absolute Gasteiger partial charge is 0.258 e. The fourth-order valence-corrected chi connectivity index (χ4v) is 3.79. The van der Waals surface area contributed by atoms with E-state index in [2.05, 4.69) is 34.1 Å². The summed E-state index contributed by atoms with van der Waals surface area (Å²) in [6.07, 6.45) is 9.62. The molecule has 1 saturated heterocycles. The first-order valence-electron chi connectivity index (χ1n) is 10.0. The Morgan fingerprint density at radius 3 is 2.82 bits per heavy atom. The number of nitrogens with one attached hydrogen (secondary N) is 1. The second-order valence-electron chi connectivity index (χ2n) is 7.41. The number of rotatable bonds is 6. The Labute approximate surface area is 164 Å². The van der Waals surface area contributed by atoms with Crippen molar-refractivity contribution in [3.63, 3.8) is 0 Å². The Morgan fingerprint density at radius 1 is 1.29 bits per heavy atom. The monoisotopic (exact) mass is 378 g/mol. The molecule has 7 heteroatoms. The molecule has 1 N–H and O–H groups in total. The molecule has 3 aromatic rings. The molecule has 1 aliphatic heterocycles. The standard InChI is InChI=1S/C21H26N6O/c1-3-7-15(2)17-14-23-27-19(25-21(28)16-8-6-9-22-13-16)12-18(24-20(17)27)26-10-4-5-11-26/h6,8-9,12-15H,3-5,7,10-11H2,1-2H3,(H,25,28). The van der Waals surface area contributed by atoms with Crippen molar-refractivity contribution in [2.75, 3.05) is 23.3 Å². The molecule has 0 spiro atoms. The van der Waals surface area contributed by atoms with Crippen molar-refractivity contribution in [3.8, 4) is 0 Å². The maximum Gasteiger partial charge on any atom is 0.258 e. The summed E-state index contributed by atoms with van der Waals surface area (Å²) in [5, 5.41) is 7.55. The quantitative estimate of drug-likeness (QED) is 0.704. The number of aromatic nitrogens is 4. The first kappa shape index (κ1) is 18.4. The largest absolute Gasteiger partial charge is 0.356 e. The van der Waals surface area contributed by atoms with Crippen LogP contribution in [0.2, 0.25) is 0 Å². The third kappa shape index (κ3) is 3.56. The molecular weight excluding hydrogens is 352 g/mol. The van der Waals surface area contributed by atoms with Crippen LogP contribution in [-0.4, -0.2) is 38.6 Å². The number of anilines is 2. The third-order valence-corrected chi connectivity index (χ3v) is 5.33. The molecule has 1 fully saturated rings. The predicted octanol–water partition coefficient (Wildman–Crippen LogP) is 3.88. The van der Waals surface area contributed by atoms with E-state index in [1.807, 2.05) is 12.3 Å². The van der Waals surface area contributed by atoms with Crippen molar-refractivity contribution < 1.29 is 4.79 Å². The zero-order valence-electron chi connectivity index (χ0n) is 16.4. The van der Waals surface area contributed by atoms with Gasteiger partial charge in [-0.3, -0.25) is 9.78 Å². The highest BCUT2D eigenvalue weighted by atomic mass is 16.1. The van der Waals surface area contributed by atoms with Gasteiger partial charge in [0.25, 0.3) is 5.91 Å². The van der Waals surface area contributed by atoms with Crippen molar-refractivity contribution in [1.29, 1.82) is 0 Å². The van der Waals surface area contributed by atoms with Gasteiger partial charge in [-0.1, -0.05) is 20.3 Å². The van der Waals surface area contributed by atoms with E-state index < -0.39 is 0 Å². The van der Waals surface area contributed by atoms with Gasteiger partial charge >= 0.3 is 0 Å². The molecule has 0 aromatic carbocycles. The number of carbonyl (C=O) groups excluding carboxylic acids is 1. The Hall–Kier alpha value is -2.96. The van der Waals surface area contributed by atoms with Gasteiger partial charge in [0.15, 0.2) is 5.65 Å². The molecule has 3 aromatic heterocycles. The van der Waals surface area contributed by atoms with E-state index in [1.165, 1.54) is 12.8 Å². The van der Waals surface area contributed by atoms with E-state index >= 15 is 0 Å². The molecule has 0 radical (unpaired) electrons. The summed E-state index contributed by atoms with van der Waals surface area (Å²) in [6, 6.07) is 5.43. The number of nitrogens with zero attached hydrogens (tertiary/aromatic N) is 5. The SMILES string of the molecule is CCCC(C)c1cnn2c(NC(=O)c3cccnc3)cc(N3CCCC3)nc12. The maximum absolute atomic E-state index is 12.7. The summed E-state index contributed by atoms with van der Waals surface area (Å²) in [6.45, 7) is 6.38. The van der Waals surface area contributed by atoms with Gasteiger partial charge in [0.1, 0.15) is 11.6 Å². The van der Waals surface area contributed by atoms with Crippen molar-refractivity contribution >= 4 is 23.2 Å². The van der Waals surface area contributed by atoms with Crippen LogP contribution in [0.4, 0.5) is 11.6 Å². The van der Waals surface area contributed by atoms with Crippen LogP contribution in [0.3, 0.4) is 0 Å². The summed E-state index contributed by atoms with van der Waals surface area (Å²) in [7, 11) is 0. The summed E-state index contributed by atoms with van der Waals surface area (Å²) in [5.41, 5.74) is 2.47. The number of pyridine rings is 1. The molecule has 1 unspecified atom stereocenters. The Kier molecular flexibility index (Phi) is 5.23. The van der Waals surface area contributed by atoms with Gasteiger partial charge in [-0.05, 0) is 37.3 Å². The first-order valence-corrected chi connectivity index (χ1v) is 10.0. The van der Waals surface area contributed by atoms with Crippen LogP contribution in [-0.2, 0) is 0 Å². The molecule has 1 amide bonds. The Bertz CT molecular complexity index is 962. The van der Waals surface area contributed by atoms with Gasteiger partial charge in [-0.2, -0.15) is 9.61 Å². The maximum atomic E-state index is 12.7. The van der Waals surface area contributed by atoms with Crippen LogP contribution in [0, 0.1) is 0 Å². The molecule has 0 aliphatic carbocycles. The molecule has 146 valence electrons. The summed E-state index contributed by atoms with van der Waals surface area (Å²) in [5.74, 6) is 1.70. The lowest BCUT2D eigenvalue weighted by atomic mass is 9.99. The molecule has 1 aliphatic rings. The Morgan fingerprint density at radius 2 is 2.11 bits per heavy atom. The lowest BCUT2D eigenvalue weighted by Crippen LogP contribution is -2.21. The van der Waals surface area contributed by atoms with E-state index in [4.69, 9.17) is 4.98 Å². The number of hydrogen-bond acceptors (Lipinski definition) is 5. The van der Waals surface area contributed by atoms with Crippen molar-refractivity contribution in [2.24, 2.45) is 0 Å². The highest BCUT2D eigenvalue weighted by molar-refractivity contribution is 6.03. The lowest BCUT2D eigenvalue weighted by molar-refractivity contribution is 0.102. The third-order valence-electron chi connectivity index (χ3n) is 5.33. The fraction of sp³-hybridized carbons (Fsp3) is 0.429. The van der Waals surface area contributed by atoms with Gasteiger partial charge in [0, 0.05) is 37.1 Å². The van der Waals surface area contributed by atoms with Gasteiger partial charge in [-0.25, -0.2) is 4.98 Å². The van der Waals surface area contributed by atoms with E-state index in [-0.39, 0.29) is 5.91 Å². The predicted molar refractivity (Wildman–Crippen MR) is 110 cm³/mol. The van der Waals surface area contributed by atoms with Crippen LogP contribution in [0.5, 0.6) is 0 Å². The summed E-state index contributed by atoms with van der Waals surface area (Å²) < 4.78 is 1.75. The molecule has 4 heterocycles. The second-order valence-corrected chi connectivity index (χ2v) is 7.41. The van der Waals surface area contributed by atoms with E-state index in [9.17, 15) is 4.79 Å². The van der Waals surface area contributed by atoms with Gasteiger partial charge < -0.3 is 10.2 Å². The van der Waals surface area contributed by atoms with Gasteiger partial charge in [0.2, 0.25) is 0 Å². The van der Waals surface area contributed by atoms with E-state index in [0.29, 0.717) is 17.3 Å². The van der Waals surface area contributed by atoms with Gasteiger partial charge in [-0.15, -0.1) is 0 Å². The van der Waals surface area contributed by atoms with E-state index in [0.717, 1.165) is 43.0 Å². The Balaban J connectivity index is 1.76. The number of amides is 1. The van der Waals surface area contributed by atoms with Crippen LogP contribution in [0.15, 0.2) is 36.8 Å². The van der Waals surface area contributed by atoms with Crippen molar-refractivity contribution in [2.45, 2.75) is 45.4 Å². The summed E-state index contributed by atoms with van der Waals surface area (Å²) >= 11 is 0. The van der Waals surface area contributed by atoms with E-state index in [1.54, 1.807) is 29.0 Å². The second kappa shape index (κ2) is 7.96. The molecule has 28 heavy (non-hydrogen) atoms. The molecule has 1 atom stereocenters. The lowest BCUT2D eigenvalue weighted by Gasteiger charge is -2.19. The molecular formula is C21H26N6O. The number of carbonyl (C=O) groups is 1. The van der Waals surface area contributed by atoms with Crippen LogP contribution >= 0.6 is 0 Å². The normalized spacial score (nSPS) is 15.1. The van der Waals surface area contributed by atoms with Crippen molar-refractivity contribution in [1.82, 2.24) is 19.6 Å². The molecule has 0 bridgehead atoms. The van der Waals surface area contributed by atoms with Crippen LogP contribution in [0.25, 0.3) is 5.65 Å². The average Bonchev–Trinajstić information content (AvgIpc) is 3.39. The zero-order chi connectivity index (χ0) is 19.5. The highest BCUT2D eigenvalue weighted by Crippen LogP contribution is 2.29.